The predicted molar refractivity (Wildman–Crippen MR) is 80.7 cm³/mol. The first-order valence-corrected chi connectivity index (χ1v) is 8.13. The molecule has 0 bridgehead atoms. The zero-order valence-corrected chi connectivity index (χ0v) is 11.7. The van der Waals surface area contributed by atoms with Crippen molar-refractivity contribution in [1.29, 1.82) is 0 Å². The Hall–Kier alpha value is -0.670. The Labute approximate surface area is 114 Å². The average Bonchev–Trinajstić information content (AvgIpc) is 2.84. The number of nitrogens with one attached hydrogen (secondary N) is 1. The van der Waals surface area contributed by atoms with Gasteiger partial charge in [0, 0.05) is 29.8 Å². The van der Waals surface area contributed by atoms with Gasteiger partial charge >= 0.3 is 0 Å². The molecule has 0 atom stereocenters. The molecule has 0 unspecified atom stereocenters. The summed E-state index contributed by atoms with van der Waals surface area (Å²) in [6, 6.07) is 8.87. The lowest BCUT2D eigenvalue weighted by atomic mass is 10.2. The normalized spacial score (nSPS) is 20.1. The van der Waals surface area contributed by atoms with Crippen LogP contribution in [0.4, 0.5) is 5.69 Å². The van der Waals surface area contributed by atoms with Crippen LogP contribution < -0.4 is 10.2 Å². The van der Waals surface area contributed by atoms with E-state index in [0.717, 1.165) is 5.25 Å². The van der Waals surface area contributed by atoms with Crippen LogP contribution in [0.1, 0.15) is 18.4 Å². The molecule has 0 amide bonds. The van der Waals surface area contributed by atoms with E-state index in [0.29, 0.717) is 0 Å². The molecule has 0 aromatic heterocycles. The highest BCUT2D eigenvalue weighted by Crippen LogP contribution is 2.28. The van der Waals surface area contributed by atoms with Gasteiger partial charge in [-0.25, -0.2) is 0 Å². The summed E-state index contributed by atoms with van der Waals surface area (Å²) < 4.78 is 0. The fourth-order valence-electron chi connectivity index (χ4n) is 2.93. The van der Waals surface area contributed by atoms with Gasteiger partial charge in [-0.15, -0.1) is 0 Å². The highest BCUT2D eigenvalue weighted by Gasteiger charge is 2.18. The van der Waals surface area contributed by atoms with Gasteiger partial charge in [0.25, 0.3) is 0 Å². The lowest BCUT2D eigenvalue weighted by Gasteiger charge is -2.24. The summed E-state index contributed by atoms with van der Waals surface area (Å²) in [6.07, 6.45) is 3.93. The minimum Gasteiger partial charge on any atom is -0.370 e. The van der Waals surface area contributed by atoms with E-state index in [1.54, 1.807) is 0 Å². The maximum Gasteiger partial charge on any atom is 0.0399 e. The molecular weight excluding hydrogens is 240 g/mol. The molecule has 0 radical (unpaired) electrons. The third-order valence-electron chi connectivity index (χ3n) is 3.98. The van der Waals surface area contributed by atoms with Crippen LogP contribution in [0.2, 0.25) is 0 Å². The molecule has 2 aliphatic rings. The summed E-state index contributed by atoms with van der Waals surface area (Å²) in [7, 11) is 0. The lowest BCUT2D eigenvalue weighted by molar-refractivity contribution is 0.531. The van der Waals surface area contributed by atoms with Gasteiger partial charge in [-0.1, -0.05) is 18.2 Å². The number of piperidine rings is 1. The molecule has 1 fully saturated rings. The second-order valence-corrected chi connectivity index (χ2v) is 6.59. The number of hydrogen-bond donors (Lipinski definition) is 1. The largest absolute Gasteiger partial charge is 0.370 e. The maximum absolute atomic E-state index is 3.44. The summed E-state index contributed by atoms with van der Waals surface area (Å²) in [5.74, 6) is 1.28. The fourth-order valence-corrected chi connectivity index (χ4v) is 4.16. The van der Waals surface area contributed by atoms with Gasteiger partial charge in [0.05, 0.1) is 0 Å². The van der Waals surface area contributed by atoms with Crippen molar-refractivity contribution in [2.75, 3.05) is 36.8 Å². The smallest absolute Gasteiger partial charge is 0.0399 e. The zero-order valence-electron chi connectivity index (χ0n) is 10.9. The lowest BCUT2D eigenvalue weighted by Crippen LogP contribution is -2.30. The molecule has 1 aromatic rings. The quantitative estimate of drug-likeness (QED) is 0.897. The summed E-state index contributed by atoms with van der Waals surface area (Å²) in [4.78, 5) is 2.56. The first-order chi connectivity index (χ1) is 8.93. The van der Waals surface area contributed by atoms with Crippen molar-refractivity contribution in [3.63, 3.8) is 0 Å². The van der Waals surface area contributed by atoms with Crippen LogP contribution in [0.5, 0.6) is 0 Å². The molecule has 3 rings (SSSR count). The van der Waals surface area contributed by atoms with E-state index in [2.05, 4.69) is 46.2 Å². The van der Waals surface area contributed by atoms with Crippen molar-refractivity contribution in [1.82, 2.24) is 5.32 Å². The van der Waals surface area contributed by atoms with Crippen molar-refractivity contribution in [3.8, 4) is 0 Å². The number of hydrogen-bond acceptors (Lipinski definition) is 3. The fraction of sp³-hybridized carbons (Fsp3) is 0.600. The van der Waals surface area contributed by atoms with Crippen molar-refractivity contribution < 1.29 is 0 Å². The maximum atomic E-state index is 3.44. The molecule has 0 spiro atoms. The Morgan fingerprint density at radius 1 is 1.22 bits per heavy atom. The van der Waals surface area contributed by atoms with E-state index in [1.807, 2.05) is 0 Å². The molecule has 3 heteroatoms. The van der Waals surface area contributed by atoms with Crippen LogP contribution in [0.25, 0.3) is 0 Å². The Kier molecular flexibility index (Phi) is 4.11. The van der Waals surface area contributed by atoms with E-state index >= 15 is 0 Å². The second kappa shape index (κ2) is 5.98. The Bertz CT molecular complexity index is 388. The van der Waals surface area contributed by atoms with Gasteiger partial charge in [-0.3, -0.25) is 0 Å². The van der Waals surface area contributed by atoms with Gasteiger partial charge in [0.2, 0.25) is 0 Å². The van der Waals surface area contributed by atoms with Crippen LogP contribution in [0.3, 0.4) is 0 Å². The van der Waals surface area contributed by atoms with Gasteiger partial charge < -0.3 is 10.2 Å². The standard InChI is InChI=1S/C15H22N2S/c1-2-4-15-13(3-1)7-10-17(15)11-12-18-14-5-8-16-9-6-14/h1-4,14,16H,5-12H2. The summed E-state index contributed by atoms with van der Waals surface area (Å²) in [5, 5.41) is 4.33. The minimum atomic E-state index is 0.893. The number of rotatable bonds is 4. The minimum absolute atomic E-state index is 0.893. The van der Waals surface area contributed by atoms with Crippen LogP contribution >= 0.6 is 11.8 Å². The number of para-hydroxylation sites is 1. The Morgan fingerprint density at radius 2 is 2.06 bits per heavy atom. The van der Waals surface area contributed by atoms with Crippen molar-refractivity contribution >= 4 is 17.4 Å². The van der Waals surface area contributed by atoms with Gasteiger partial charge in [-0.05, 0) is 44.0 Å². The van der Waals surface area contributed by atoms with E-state index < -0.39 is 0 Å². The second-order valence-electron chi connectivity index (χ2n) is 5.19. The van der Waals surface area contributed by atoms with Crippen molar-refractivity contribution in [2.45, 2.75) is 24.5 Å². The van der Waals surface area contributed by atoms with E-state index in [9.17, 15) is 0 Å². The predicted octanol–water partition coefficient (Wildman–Crippen LogP) is 2.53. The molecule has 1 saturated heterocycles. The Morgan fingerprint density at radius 3 is 2.94 bits per heavy atom. The van der Waals surface area contributed by atoms with E-state index in [4.69, 9.17) is 0 Å². The molecule has 2 aliphatic heterocycles. The molecular formula is C15H22N2S. The molecule has 2 heterocycles. The monoisotopic (exact) mass is 262 g/mol. The molecule has 1 aromatic carbocycles. The summed E-state index contributed by atoms with van der Waals surface area (Å²) in [5.41, 5.74) is 3.01. The summed E-state index contributed by atoms with van der Waals surface area (Å²) >= 11 is 2.18. The number of anilines is 1. The third kappa shape index (κ3) is 2.83. The number of fused-ring (bicyclic) bond motifs is 1. The van der Waals surface area contributed by atoms with E-state index in [1.165, 1.54) is 62.4 Å². The van der Waals surface area contributed by atoms with Crippen molar-refractivity contribution in [3.05, 3.63) is 29.8 Å². The van der Waals surface area contributed by atoms with Gasteiger partial charge in [0.15, 0.2) is 0 Å². The van der Waals surface area contributed by atoms with Crippen LogP contribution in [0.15, 0.2) is 24.3 Å². The first kappa shape index (κ1) is 12.4. The highest BCUT2D eigenvalue weighted by molar-refractivity contribution is 7.99. The molecule has 0 saturated carbocycles. The van der Waals surface area contributed by atoms with Gasteiger partial charge in [0.1, 0.15) is 0 Å². The Balaban J connectivity index is 1.47. The van der Waals surface area contributed by atoms with Crippen LogP contribution in [-0.4, -0.2) is 37.2 Å². The van der Waals surface area contributed by atoms with Crippen LogP contribution in [0, 0.1) is 0 Å². The number of benzene rings is 1. The van der Waals surface area contributed by atoms with Crippen LogP contribution in [-0.2, 0) is 6.42 Å². The molecule has 0 aliphatic carbocycles. The third-order valence-corrected chi connectivity index (χ3v) is 5.35. The topological polar surface area (TPSA) is 15.3 Å². The molecule has 2 nitrogen and oxygen atoms in total. The van der Waals surface area contributed by atoms with Crippen molar-refractivity contribution in [2.24, 2.45) is 0 Å². The number of thioether (sulfide) groups is 1. The highest BCUT2D eigenvalue weighted by atomic mass is 32.2. The SMILES string of the molecule is c1ccc2c(c1)CCN2CCSC1CCNCC1. The zero-order chi connectivity index (χ0) is 12.2. The summed E-state index contributed by atoms with van der Waals surface area (Å²) in [6.45, 7) is 4.85. The first-order valence-electron chi connectivity index (χ1n) is 7.08. The average molecular weight is 262 g/mol. The van der Waals surface area contributed by atoms with Gasteiger partial charge in [-0.2, -0.15) is 11.8 Å². The number of nitrogens with zero attached hydrogens (tertiary/aromatic N) is 1. The molecule has 1 N–H and O–H groups in total. The van der Waals surface area contributed by atoms with E-state index in [-0.39, 0.29) is 0 Å². The molecule has 98 valence electrons. The molecule has 18 heavy (non-hydrogen) atoms.